The maximum atomic E-state index is 13.9. The van der Waals surface area contributed by atoms with E-state index >= 15 is 0 Å². The highest BCUT2D eigenvalue weighted by atomic mass is 127. The van der Waals surface area contributed by atoms with Crippen LogP contribution in [0, 0.1) is 21.0 Å². The van der Waals surface area contributed by atoms with Crippen LogP contribution in [0.1, 0.15) is 23.1 Å². The van der Waals surface area contributed by atoms with Crippen LogP contribution in [-0.2, 0) is 28.9 Å². The molecule has 0 aromatic heterocycles. The molecular weight excluding hydrogens is 556 g/mol. The smallest absolute Gasteiger partial charge is 0.306 e. The lowest BCUT2D eigenvalue weighted by atomic mass is 10.0. The SMILES string of the molecule is NC(Cc1cc(F)cc(F)c1)C(CNCc1cccc(I)c1)OC(=O)CCc1ccccc1F. The number of rotatable bonds is 11. The minimum atomic E-state index is -0.748. The molecule has 180 valence electrons. The molecule has 0 saturated heterocycles. The zero-order chi connectivity index (χ0) is 24.5. The Morgan fingerprint density at radius 2 is 1.71 bits per heavy atom. The number of nitrogens with one attached hydrogen (secondary N) is 1. The van der Waals surface area contributed by atoms with Gasteiger partial charge in [0.25, 0.3) is 0 Å². The summed E-state index contributed by atoms with van der Waals surface area (Å²) in [5.74, 6) is -2.30. The molecule has 3 aromatic rings. The van der Waals surface area contributed by atoms with Gasteiger partial charge in [-0.25, -0.2) is 13.2 Å². The van der Waals surface area contributed by atoms with E-state index in [9.17, 15) is 18.0 Å². The number of halogens is 4. The number of carbonyl (C=O) groups is 1. The summed E-state index contributed by atoms with van der Waals surface area (Å²) in [7, 11) is 0. The zero-order valence-electron chi connectivity index (χ0n) is 18.4. The summed E-state index contributed by atoms with van der Waals surface area (Å²) in [6, 6.07) is 16.7. The number of aryl methyl sites for hydroxylation is 1. The number of benzene rings is 3. The third-order valence-electron chi connectivity index (χ3n) is 5.27. The first kappa shape index (κ1) is 26.2. The second kappa shape index (κ2) is 12.9. The summed E-state index contributed by atoms with van der Waals surface area (Å²) in [6.07, 6.45) is -0.457. The third-order valence-corrected chi connectivity index (χ3v) is 5.95. The minimum absolute atomic E-state index is 0.0182. The largest absolute Gasteiger partial charge is 0.459 e. The number of esters is 1. The molecule has 3 N–H and O–H groups in total. The standard InChI is InChI=1S/C26H26F3IN2O2/c27-20-10-18(11-21(28)14-20)13-24(31)25(16-32-15-17-4-3-6-22(30)12-17)34-26(33)9-8-19-5-1-2-7-23(19)29/h1-7,10-12,14,24-25,32H,8-9,13,15-16,31H2. The Kier molecular flexibility index (Phi) is 9.91. The Bertz CT molecular complexity index is 1090. The monoisotopic (exact) mass is 582 g/mol. The first-order valence-corrected chi connectivity index (χ1v) is 12.0. The van der Waals surface area contributed by atoms with Crippen molar-refractivity contribution in [3.8, 4) is 0 Å². The van der Waals surface area contributed by atoms with Crippen molar-refractivity contribution in [3.05, 3.63) is 104 Å². The van der Waals surface area contributed by atoms with Crippen LogP contribution in [-0.4, -0.2) is 24.7 Å². The van der Waals surface area contributed by atoms with E-state index in [4.69, 9.17) is 10.5 Å². The lowest BCUT2D eigenvalue weighted by molar-refractivity contribution is -0.149. The fraction of sp³-hybridized carbons (Fsp3) is 0.269. The van der Waals surface area contributed by atoms with Gasteiger partial charge in [0, 0.05) is 35.2 Å². The van der Waals surface area contributed by atoms with Crippen molar-refractivity contribution < 1.29 is 22.7 Å². The molecule has 2 atom stereocenters. The number of carbonyl (C=O) groups excluding carboxylic acids is 1. The van der Waals surface area contributed by atoms with E-state index < -0.39 is 29.7 Å². The predicted octanol–water partition coefficient (Wildman–Crippen LogP) is 4.91. The molecule has 0 saturated carbocycles. The van der Waals surface area contributed by atoms with Gasteiger partial charge in [-0.1, -0.05) is 30.3 Å². The molecule has 2 unspecified atom stereocenters. The minimum Gasteiger partial charge on any atom is -0.459 e. The van der Waals surface area contributed by atoms with E-state index in [0.717, 1.165) is 15.2 Å². The fourth-order valence-electron chi connectivity index (χ4n) is 3.58. The summed E-state index contributed by atoms with van der Waals surface area (Å²) in [5.41, 5.74) is 8.16. The topological polar surface area (TPSA) is 64.3 Å². The maximum absolute atomic E-state index is 13.9. The molecule has 4 nitrogen and oxygen atoms in total. The van der Waals surface area contributed by atoms with Gasteiger partial charge >= 0.3 is 5.97 Å². The van der Waals surface area contributed by atoms with E-state index in [2.05, 4.69) is 27.9 Å². The van der Waals surface area contributed by atoms with Gasteiger partial charge in [-0.15, -0.1) is 0 Å². The number of hydrogen-bond donors (Lipinski definition) is 2. The Balaban J connectivity index is 1.64. The van der Waals surface area contributed by atoms with Gasteiger partial charge in [0.1, 0.15) is 23.6 Å². The molecule has 0 aliphatic rings. The number of nitrogens with two attached hydrogens (primary N) is 1. The number of hydrogen-bond acceptors (Lipinski definition) is 4. The molecule has 3 rings (SSSR count). The quantitative estimate of drug-likeness (QED) is 0.249. The first-order chi connectivity index (χ1) is 16.3. The van der Waals surface area contributed by atoms with Crippen molar-refractivity contribution in [2.75, 3.05) is 6.54 Å². The third kappa shape index (κ3) is 8.41. The van der Waals surface area contributed by atoms with E-state index in [1.807, 2.05) is 24.3 Å². The molecule has 0 fully saturated rings. The Hall–Kier alpha value is -2.43. The summed E-state index contributed by atoms with van der Waals surface area (Å²) >= 11 is 2.23. The molecule has 0 aliphatic carbocycles. The average molecular weight is 582 g/mol. The fourth-order valence-corrected chi connectivity index (χ4v) is 4.19. The van der Waals surface area contributed by atoms with Crippen molar-refractivity contribution in [2.45, 2.75) is 38.0 Å². The summed E-state index contributed by atoms with van der Waals surface area (Å²) in [5, 5.41) is 3.24. The van der Waals surface area contributed by atoms with Crippen LogP contribution in [0.15, 0.2) is 66.7 Å². The molecular formula is C26H26F3IN2O2. The lowest BCUT2D eigenvalue weighted by Crippen LogP contribution is -2.46. The first-order valence-electron chi connectivity index (χ1n) is 10.9. The molecule has 0 amide bonds. The van der Waals surface area contributed by atoms with E-state index in [1.165, 1.54) is 18.2 Å². The maximum Gasteiger partial charge on any atom is 0.306 e. The number of ether oxygens (including phenoxy) is 1. The van der Waals surface area contributed by atoms with E-state index in [1.54, 1.807) is 18.2 Å². The van der Waals surface area contributed by atoms with Gasteiger partial charge in [-0.3, -0.25) is 4.79 Å². The van der Waals surface area contributed by atoms with Gasteiger partial charge in [0.2, 0.25) is 0 Å². The second-order valence-electron chi connectivity index (χ2n) is 8.03. The Labute approximate surface area is 210 Å². The van der Waals surface area contributed by atoms with Gasteiger partial charge in [-0.2, -0.15) is 0 Å². The van der Waals surface area contributed by atoms with Crippen LogP contribution in [0.2, 0.25) is 0 Å². The molecule has 8 heteroatoms. The lowest BCUT2D eigenvalue weighted by Gasteiger charge is -2.25. The van der Waals surface area contributed by atoms with Gasteiger partial charge < -0.3 is 15.8 Å². The van der Waals surface area contributed by atoms with Crippen LogP contribution in [0.25, 0.3) is 0 Å². The van der Waals surface area contributed by atoms with Crippen molar-refractivity contribution in [1.29, 1.82) is 0 Å². The van der Waals surface area contributed by atoms with Crippen LogP contribution < -0.4 is 11.1 Å². The normalized spacial score (nSPS) is 12.9. The van der Waals surface area contributed by atoms with E-state index in [-0.39, 0.29) is 31.6 Å². The van der Waals surface area contributed by atoms with Gasteiger partial charge in [0.05, 0.1) is 0 Å². The van der Waals surface area contributed by atoms with Crippen LogP contribution in [0.4, 0.5) is 13.2 Å². The summed E-state index contributed by atoms with van der Waals surface area (Å²) in [4.78, 5) is 12.5. The van der Waals surface area contributed by atoms with Crippen molar-refractivity contribution >= 4 is 28.6 Å². The molecule has 0 radical (unpaired) electrons. The molecule has 0 bridgehead atoms. The van der Waals surface area contributed by atoms with Gasteiger partial charge in [0.15, 0.2) is 0 Å². The van der Waals surface area contributed by atoms with Crippen LogP contribution in [0.5, 0.6) is 0 Å². The van der Waals surface area contributed by atoms with E-state index in [0.29, 0.717) is 17.7 Å². The highest BCUT2D eigenvalue weighted by Crippen LogP contribution is 2.14. The molecule has 0 heterocycles. The predicted molar refractivity (Wildman–Crippen MR) is 134 cm³/mol. The highest BCUT2D eigenvalue weighted by molar-refractivity contribution is 14.1. The molecule has 0 spiro atoms. The van der Waals surface area contributed by atoms with Crippen LogP contribution in [0.3, 0.4) is 0 Å². The zero-order valence-corrected chi connectivity index (χ0v) is 20.6. The molecule has 34 heavy (non-hydrogen) atoms. The Morgan fingerprint density at radius 1 is 0.971 bits per heavy atom. The Morgan fingerprint density at radius 3 is 2.41 bits per heavy atom. The highest BCUT2D eigenvalue weighted by Gasteiger charge is 2.23. The van der Waals surface area contributed by atoms with Gasteiger partial charge in [-0.05, 0) is 82.5 Å². The van der Waals surface area contributed by atoms with Crippen molar-refractivity contribution in [2.24, 2.45) is 5.73 Å². The molecule has 3 aromatic carbocycles. The second-order valence-corrected chi connectivity index (χ2v) is 9.27. The summed E-state index contributed by atoms with van der Waals surface area (Å²) < 4.78 is 47.8. The average Bonchev–Trinajstić information content (AvgIpc) is 2.77. The van der Waals surface area contributed by atoms with Crippen molar-refractivity contribution in [1.82, 2.24) is 5.32 Å². The summed E-state index contributed by atoms with van der Waals surface area (Å²) in [6.45, 7) is 0.775. The van der Waals surface area contributed by atoms with Crippen molar-refractivity contribution in [3.63, 3.8) is 0 Å². The van der Waals surface area contributed by atoms with Crippen LogP contribution >= 0.6 is 22.6 Å². The molecule has 0 aliphatic heterocycles.